The standard InChI is InChI=1S/C19H17FN4O2S/c20-14-3-1-2-4-15(14)22-18(25)16-12-27-19(23-16)13-5-6-17(21-11-13)24-7-9-26-10-8-24/h1-6,11-12H,7-10H2,(H,22,25). The molecule has 1 aliphatic heterocycles. The van der Waals surface area contributed by atoms with Gasteiger partial charge in [0.15, 0.2) is 0 Å². The number of carbonyl (C=O) groups is 1. The van der Waals surface area contributed by atoms with Gasteiger partial charge >= 0.3 is 0 Å². The number of pyridine rings is 1. The minimum Gasteiger partial charge on any atom is -0.378 e. The number of rotatable bonds is 4. The van der Waals surface area contributed by atoms with Gasteiger partial charge in [-0.15, -0.1) is 11.3 Å². The highest BCUT2D eigenvalue weighted by Crippen LogP contribution is 2.25. The van der Waals surface area contributed by atoms with Gasteiger partial charge in [0.1, 0.15) is 22.3 Å². The van der Waals surface area contributed by atoms with Gasteiger partial charge in [0.05, 0.1) is 18.9 Å². The Morgan fingerprint density at radius 3 is 2.74 bits per heavy atom. The third-order valence-corrected chi connectivity index (χ3v) is 5.08. The van der Waals surface area contributed by atoms with E-state index in [4.69, 9.17) is 4.74 Å². The third kappa shape index (κ3) is 3.96. The molecule has 1 amide bonds. The first-order chi connectivity index (χ1) is 13.2. The zero-order valence-electron chi connectivity index (χ0n) is 14.4. The Labute approximate surface area is 159 Å². The van der Waals surface area contributed by atoms with Crippen LogP contribution in [0.3, 0.4) is 0 Å². The largest absolute Gasteiger partial charge is 0.378 e. The number of nitrogens with zero attached hydrogens (tertiary/aromatic N) is 3. The fourth-order valence-corrected chi connectivity index (χ4v) is 3.54. The third-order valence-electron chi connectivity index (χ3n) is 4.19. The Bertz CT molecular complexity index is 939. The molecular weight excluding hydrogens is 367 g/mol. The van der Waals surface area contributed by atoms with Gasteiger partial charge in [-0.3, -0.25) is 4.79 Å². The number of para-hydroxylation sites is 1. The van der Waals surface area contributed by atoms with E-state index >= 15 is 0 Å². The topological polar surface area (TPSA) is 67.4 Å². The molecule has 0 spiro atoms. The van der Waals surface area contributed by atoms with Gasteiger partial charge in [0, 0.05) is 30.2 Å². The average Bonchev–Trinajstić information content (AvgIpc) is 3.21. The molecular formula is C19H17FN4O2S. The summed E-state index contributed by atoms with van der Waals surface area (Å²) in [6, 6.07) is 9.92. The zero-order valence-corrected chi connectivity index (χ0v) is 15.2. The number of nitrogens with one attached hydrogen (secondary N) is 1. The number of hydrogen-bond donors (Lipinski definition) is 1. The fourth-order valence-electron chi connectivity index (χ4n) is 2.75. The molecule has 0 atom stereocenters. The van der Waals surface area contributed by atoms with Crippen LogP contribution in [0.5, 0.6) is 0 Å². The molecule has 6 nitrogen and oxygen atoms in total. The van der Waals surface area contributed by atoms with Crippen LogP contribution in [0.15, 0.2) is 48.0 Å². The molecule has 0 radical (unpaired) electrons. The summed E-state index contributed by atoms with van der Waals surface area (Å²) >= 11 is 1.35. The van der Waals surface area contributed by atoms with Crippen molar-refractivity contribution in [3.8, 4) is 10.6 Å². The molecule has 1 aliphatic rings. The summed E-state index contributed by atoms with van der Waals surface area (Å²) in [4.78, 5) is 23.3. The van der Waals surface area contributed by atoms with Gasteiger partial charge in [0.25, 0.3) is 5.91 Å². The summed E-state index contributed by atoms with van der Waals surface area (Å²) in [5.74, 6) is -0.0270. The van der Waals surface area contributed by atoms with Crippen molar-refractivity contribution in [3.63, 3.8) is 0 Å². The highest BCUT2D eigenvalue weighted by atomic mass is 32.1. The second-order valence-electron chi connectivity index (χ2n) is 5.98. The zero-order chi connectivity index (χ0) is 18.6. The van der Waals surface area contributed by atoms with Gasteiger partial charge in [-0.1, -0.05) is 12.1 Å². The van der Waals surface area contributed by atoms with E-state index in [9.17, 15) is 9.18 Å². The van der Waals surface area contributed by atoms with Gasteiger partial charge < -0.3 is 15.0 Å². The molecule has 3 heterocycles. The number of ether oxygens (including phenoxy) is 1. The van der Waals surface area contributed by atoms with Crippen molar-refractivity contribution >= 4 is 28.7 Å². The lowest BCUT2D eigenvalue weighted by Crippen LogP contribution is -2.36. The monoisotopic (exact) mass is 384 g/mol. The summed E-state index contributed by atoms with van der Waals surface area (Å²) in [6.07, 6.45) is 1.75. The van der Waals surface area contributed by atoms with Crippen molar-refractivity contribution in [1.29, 1.82) is 0 Å². The van der Waals surface area contributed by atoms with E-state index in [1.165, 1.54) is 23.5 Å². The number of morpholine rings is 1. The minimum atomic E-state index is -0.482. The van der Waals surface area contributed by atoms with Crippen LogP contribution in [0.4, 0.5) is 15.9 Å². The second kappa shape index (κ2) is 7.81. The van der Waals surface area contributed by atoms with Crippen LogP contribution in [0.1, 0.15) is 10.5 Å². The Morgan fingerprint density at radius 1 is 1.19 bits per heavy atom. The predicted octanol–water partition coefficient (Wildman–Crippen LogP) is 3.43. The average molecular weight is 384 g/mol. The molecule has 0 aliphatic carbocycles. The van der Waals surface area contributed by atoms with Crippen molar-refractivity contribution in [2.45, 2.75) is 0 Å². The van der Waals surface area contributed by atoms with Crippen molar-refractivity contribution in [1.82, 2.24) is 9.97 Å². The van der Waals surface area contributed by atoms with Crippen LogP contribution < -0.4 is 10.2 Å². The summed E-state index contributed by atoms with van der Waals surface area (Å²) in [5, 5.41) is 4.88. The Hall–Kier alpha value is -2.84. The fraction of sp³-hybridized carbons (Fsp3) is 0.211. The minimum absolute atomic E-state index is 0.133. The molecule has 4 rings (SSSR count). The van der Waals surface area contributed by atoms with Crippen molar-refractivity contribution in [3.05, 3.63) is 59.5 Å². The number of amides is 1. The maximum absolute atomic E-state index is 13.7. The van der Waals surface area contributed by atoms with E-state index in [-0.39, 0.29) is 11.4 Å². The summed E-state index contributed by atoms with van der Waals surface area (Å²) in [6.45, 7) is 3.06. The van der Waals surface area contributed by atoms with Gasteiger partial charge in [-0.2, -0.15) is 0 Å². The molecule has 1 saturated heterocycles. The lowest BCUT2D eigenvalue weighted by molar-refractivity contribution is 0.102. The number of carbonyl (C=O) groups excluding carboxylic acids is 1. The first-order valence-electron chi connectivity index (χ1n) is 8.51. The lowest BCUT2D eigenvalue weighted by atomic mass is 10.2. The Balaban J connectivity index is 1.47. The highest BCUT2D eigenvalue weighted by molar-refractivity contribution is 7.13. The Kier molecular flexibility index (Phi) is 5.08. The van der Waals surface area contributed by atoms with Gasteiger partial charge in [0.2, 0.25) is 0 Å². The molecule has 3 aromatic rings. The smallest absolute Gasteiger partial charge is 0.275 e. The van der Waals surface area contributed by atoms with Crippen molar-refractivity contribution in [2.24, 2.45) is 0 Å². The van der Waals surface area contributed by atoms with Crippen LogP contribution in [0.25, 0.3) is 10.6 Å². The molecule has 0 bridgehead atoms. The summed E-state index contributed by atoms with van der Waals surface area (Å²) in [7, 11) is 0. The van der Waals surface area contributed by atoms with E-state index in [1.54, 1.807) is 23.7 Å². The number of thiazole rings is 1. The number of hydrogen-bond acceptors (Lipinski definition) is 6. The summed E-state index contributed by atoms with van der Waals surface area (Å²) < 4.78 is 19.0. The van der Waals surface area contributed by atoms with Crippen molar-refractivity contribution in [2.75, 3.05) is 36.5 Å². The van der Waals surface area contributed by atoms with Crippen LogP contribution in [-0.2, 0) is 4.74 Å². The van der Waals surface area contributed by atoms with E-state index in [1.807, 2.05) is 12.1 Å². The van der Waals surface area contributed by atoms with E-state index in [2.05, 4.69) is 20.2 Å². The van der Waals surface area contributed by atoms with E-state index in [0.717, 1.165) is 24.5 Å². The lowest BCUT2D eigenvalue weighted by Gasteiger charge is -2.27. The van der Waals surface area contributed by atoms with Crippen LogP contribution >= 0.6 is 11.3 Å². The molecule has 27 heavy (non-hydrogen) atoms. The maximum Gasteiger partial charge on any atom is 0.275 e. The first kappa shape index (κ1) is 17.6. The number of halogens is 1. The molecule has 1 fully saturated rings. The van der Waals surface area contributed by atoms with Crippen LogP contribution in [-0.4, -0.2) is 42.2 Å². The van der Waals surface area contributed by atoms with Crippen LogP contribution in [0.2, 0.25) is 0 Å². The quantitative estimate of drug-likeness (QED) is 0.746. The number of benzene rings is 1. The number of aromatic nitrogens is 2. The van der Waals surface area contributed by atoms with E-state index in [0.29, 0.717) is 18.2 Å². The molecule has 138 valence electrons. The molecule has 1 N–H and O–H groups in total. The number of anilines is 2. The maximum atomic E-state index is 13.7. The Morgan fingerprint density at radius 2 is 2.00 bits per heavy atom. The molecule has 0 unspecified atom stereocenters. The normalized spacial score (nSPS) is 14.2. The SMILES string of the molecule is O=C(Nc1ccccc1F)c1csc(-c2ccc(N3CCOCC3)nc2)n1. The van der Waals surface area contributed by atoms with Crippen molar-refractivity contribution < 1.29 is 13.9 Å². The molecule has 2 aromatic heterocycles. The summed E-state index contributed by atoms with van der Waals surface area (Å²) in [5.41, 5.74) is 1.21. The highest BCUT2D eigenvalue weighted by Gasteiger charge is 2.15. The molecule has 0 saturated carbocycles. The van der Waals surface area contributed by atoms with Gasteiger partial charge in [-0.25, -0.2) is 14.4 Å². The first-order valence-corrected chi connectivity index (χ1v) is 9.39. The van der Waals surface area contributed by atoms with E-state index < -0.39 is 11.7 Å². The predicted molar refractivity (Wildman–Crippen MR) is 103 cm³/mol. The molecule has 8 heteroatoms. The van der Waals surface area contributed by atoms with Crippen LogP contribution in [0, 0.1) is 5.82 Å². The molecule has 1 aromatic carbocycles. The van der Waals surface area contributed by atoms with Gasteiger partial charge in [-0.05, 0) is 24.3 Å². The second-order valence-corrected chi connectivity index (χ2v) is 6.83.